The van der Waals surface area contributed by atoms with Gasteiger partial charge in [-0.15, -0.1) is 0 Å². The number of halogens is 1. The molecular weight excluding hydrogens is 345 g/mol. The fourth-order valence-corrected chi connectivity index (χ4v) is 3.10. The normalized spacial score (nSPS) is 14.9. The van der Waals surface area contributed by atoms with Gasteiger partial charge in [-0.2, -0.15) is 0 Å². The molecular formula is C17H18IN. The molecule has 19 heavy (non-hydrogen) atoms. The maximum absolute atomic E-state index is 2.53. The summed E-state index contributed by atoms with van der Waals surface area (Å²) in [6.07, 6.45) is 3.82. The second-order valence-corrected chi connectivity index (χ2v) is 6.38. The lowest BCUT2D eigenvalue weighted by Gasteiger charge is -2.25. The van der Waals surface area contributed by atoms with Crippen molar-refractivity contribution < 1.29 is 0 Å². The Morgan fingerprint density at radius 1 is 0.947 bits per heavy atom. The molecule has 2 heteroatoms. The lowest BCUT2D eigenvalue weighted by atomic mass is 10.1. The maximum atomic E-state index is 2.53. The molecule has 0 aromatic heterocycles. The molecule has 1 aliphatic heterocycles. The van der Waals surface area contributed by atoms with E-state index in [1.54, 1.807) is 0 Å². The van der Waals surface area contributed by atoms with E-state index in [1.807, 2.05) is 0 Å². The Hall–Kier alpha value is -1.03. The number of rotatable bonds is 2. The van der Waals surface area contributed by atoms with Gasteiger partial charge in [0.25, 0.3) is 0 Å². The van der Waals surface area contributed by atoms with Gasteiger partial charge in [0.05, 0.1) is 0 Å². The average molecular weight is 363 g/mol. The predicted molar refractivity (Wildman–Crippen MR) is 89.6 cm³/mol. The van der Waals surface area contributed by atoms with Crippen molar-refractivity contribution in [3.8, 4) is 0 Å². The number of para-hydroxylation sites is 1. The topological polar surface area (TPSA) is 3.24 Å². The number of nitrogens with zero attached hydrogens (tertiary/aromatic N) is 1. The van der Waals surface area contributed by atoms with E-state index in [4.69, 9.17) is 0 Å². The summed E-state index contributed by atoms with van der Waals surface area (Å²) in [4.78, 5) is 2.53. The van der Waals surface area contributed by atoms with Crippen LogP contribution in [0.2, 0.25) is 0 Å². The molecule has 0 spiro atoms. The fourth-order valence-electron chi connectivity index (χ4n) is 2.74. The molecule has 1 heterocycles. The lowest BCUT2D eigenvalue weighted by molar-refractivity contribution is 0.714. The Bertz CT molecular complexity index is 547. The Morgan fingerprint density at radius 2 is 1.74 bits per heavy atom. The highest BCUT2D eigenvalue weighted by molar-refractivity contribution is 14.1. The van der Waals surface area contributed by atoms with Crippen LogP contribution in [-0.2, 0) is 13.0 Å². The summed E-state index contributed by atoms with van der Waals surface area (Å²) in [5.41, 5.74) is 4.33. The van der Waals surface area contributed by atoms with Crippen LogP contribution >= 0.6 is 22.6 Å². The molecule has 1 nitrogen and oxygen atoms in total. The van der Waals surface area contributed by atoms with E-state index in [-0.39, 0.29) is 0 Å². The van der Waals surface area contributed by atoms with Gasteiger partial charge in [0.15, 0.2) is 0 Å². The molecule has 0 unspecified atom stereocenters. The van der Waals surface area contributed by atoms with E-state index in [1.165, 1.54) is 46.2 Å². The third kappa shape index (κ3) is 3.11. The van der Waals surface area contributed by atoms with E-state index in [0.717, 1.165) is 6.54 Å². The van der Waals surface area contributed by atoms with Crippen LogP contribution in [0, 0.1) is 3.57 Å². The summed E-state index contributed by atoms with van der Waals surface area (Å²) >= 11 is 2.36. The van der Waals surface area contributed by atoms with E-state index < -0.39 is 0 Å². The van der Waals surface area contributed by atoms with E-state index in [2.05, 4.69) is 76.0 Å². The van der Waals surface area contributed by atoms with Crippen molar-refractivity contribution in [2.24, 2.45) is 0 Å². The molecule has 0 aliphatic carbocycles. The first-order valence-corrected chi connectivity index (χ1v) is 7.98. The summed E-state index contributed by atoms with van der Waals surface area (Å²) in [7, 11) is 0. The van der Waals surface area contributed by atoms with Crippen LogP contribution in [0.25, 0.3) is 0 Å². The fraction of sp³-hybridized carbons (Fsp3) is 0.294. The zero-order valence-electron chi connectivity index (χ0n) is 11.0. The third-order valence-corrected chi connectivity index (χ3v) is 4.46. The minimum Gasteiger partial charge on any atom is -0.367 e. The molecule has 0 atom stereocenters. The van der Waals surface area contributed by atoms with Gasteiger partial charge in [-0.05, 0) is 71.2 Å². The van der Waals surface area contributed by atoms with Crippen molar-refractivity contribution in [3.63, 3.8) is 0 Å². The first-order valence-electron chi connectivity index (χ1n) is 6.90. The van der Waals surface area contributed by atoms with Crippen LogP contribution < -0.4 is 4.90 Å². The van der Waals surface area contributed by atoms with Crippen LogP contribution in [-0.4, -0.2) is 6.54 Å². The van der Waals surface area contributed by atoms with Crippen LogP contribution in [0.4, 0.5) is 5.69 Å². The summed E-state index contributed by atoms with van der Waals surface area (Å²) in [6.45, 7) is 2.19. The van der Waals surface area contributed by atoms with Gasteiger partial charge in [0.1, 0.15) is 0 Å². The van der Waals surface area contributed by atoms with Crippen molar-refractivity contribution in [3.05, 3.63) is 63.2 Å². The molecule has 0 saturated carbocycles. The molecule has 1 aliphatic rings. The zero-order chi connectivity index (χ0) is 13.1. The summed E-state index contributed by atoms with van der Waals surface area (Å²) in [5.74, 6) is 0. The summed E-state index contributed by atoms with van der Waals surface area (Å²) in [5, 5.41) is 0. The highest BCUT2D eigenvalue weighted by Gasteiger charge is 2.14. The number of hydrogen-bond donors (Lipinski definition) is 0. The number of benzene rings is 2. The van der Waals surface area contributed by atoms with Crippen LogP contribution in [0.1, 0.15) is 24.0 Å². The van der Waals surface area contributed by atoms with Crippen molar-refractivity contribution in [2.45, 2.75) is 25.8 Å². The van der Waals surface area contributed by atoms with Gasteiger partial charge < -0.3 is 4.90 Å². The summed E-state index contributed by atoms with van der Waals surface area (Å²) < 4.78 is 1.30. The minimum absolute atomic E-state index is 1.02. The highest BCUT2D eigenvalue weighted by Crippen LogP contribution is 2.27. The van der Waals surface area contributed by atoms with Gasteiger partial charge >= 0.3 is 0 Å². The average Bonchev–Trinajstić information content (AvgIpc) is 2.64. The van der Waals surface area contributed by atoms with Crippen molar-refractivity contribution in [1.82, 2.24) is 0 Å². The first-order chi connectivity index (χ1) is 9.33. The first kappa shape index (κ1) is 13.0. The number of aryl methyl sites for hydroxylation is 1. The van der Waals surface area contributed by atoms with Gasteiger partial charge in [-0.25, -0.2) is 0 Å². The van der Waals surface area contributed by atoms with Crippen LogP contribution in [0.3, 0.4) is 0 Å². The Labute approximate surface area is 128 Å². The predicted octanol–water partition coefficient (Wildman–Crippen LogP) is 4.63. The molecule has 0 radical (unpaired) electrons. The second kappa shape index (κ2) is 5.95. The molecule has 2 aromatic carbocycles. The molecule has 2 aromatic rings. The highest BCUT2D eigenvalue weighted by atomic mass is 127. The molecule has 0 bridgehead atoms. The van der Waals surface area contributed by atoms with Crippen molar-refractivity contribution in [2.75, 3.05) is 11.4 Å². The molecule has 98 valence electrons. The van der Waals surface area contributed by atoms with Gasteiger partial charge in [-0.3, -0.25) is 0 Å². The maximum Gasteiger partial charge on any atom is 0.0429 e. The number of anilines is 1. The van der Waals surface area contributed by atoms with Gasteiger partial charge in [-0.1, -0.05) is 30.3 Å². The summed E-state index contributed by atoms with van der Waals surface area (Å²) in [6, 6.07) is 17.7. The molecule has 0 N–H and O–H groups in total. The second-order valence-electron chi connectivity index (χ2n) is 5.13. The molecule has 0 fully saturated rings. The van der Waals surface area contributed by atoms with Crippen LogP contribution in [0.5, 0.6) is 0 Å². The smallest absolute Gasteiger partial charge is 0.0429 e. The Balaban J connectivity index is 1.86. The Morgan fingerprint density at radius 3 is 2.58 bits per heavy atom. The van der Waals surface area contributed by atoms with Gasteiger partial charge in [0, 0.05) is 22.3 Å². The molecule has 3 rings (SSSR count). The standard InChI is InChI=1S/C17H18IN/c18-16-10-8-14(9-11-16)13-19-12-4-3-6-15-5-1-2-7-17(15)19/h1-2,5,7-11H,3-4,6,12-13H2. The minimum atomic E-state index is 1.02. The SMILES string of the molecule is Ic1ccc(CN2CCCCc3ccccc32)cc1. The van der Waals surface area contributed by atoms with Gasteiger partial charge in [0.2, 0.25) is 0 Å². The monoisotopic (exact) mass is 363 g/mol. The molecule has 0 amide bonds. The van der Waals surface area contributed by atoms with E-state index in [9.17, 15) is 0 Å². The zero-order valence-corrected chi connectivity index (χ0v) is 13.1. The molecule has 0 saturated heterocycles. The number of fused-ring (bicyclic) bond motifs is 1. The van der Waals surface area contributed by atoms with Crippen molar-refractivity contribution in [1.29, 1.82) is 0 Å². The third-order valence-electron chi connectivity index (χ3n) is 3.74. The largest absolute Gasteiger partial charge is 0.367 e. The number of hydrogen-bond acceptors (Lipinski definition) is 1. The lowest BCUT2D eigenvalue weighted by Crippen LogP contribution is -2.23. The van der Waals surface area contributed by atoms with Crippen molar-refractivity contribution >= 4 is 28.3 Å². The quantitative estimate of drug-likeness (QED) is 0.703. The van der Waals surface area contributed by atoms with E-state index >= 15 is 0 Å². The van der Waals surface area contributed by atoms with E-state index in [0.29, 0.717) is 0 Å². The van der Waals surface area contributed by atoms with Crippen LogP contribution in [0.15, 0.2) is 48.5 Å². The Kier molecular flexibility index (Phi) is 4.06.